The van der Waals surface area contributed by atoms with Gasteiger partial charge in [-0.2, -0.15) is 9.59 Å². The van der Waals surface area contributed by atoms with Crippen molar-refractivity contribution >= 4 is 34.0 Å². The maximum absolute atomic E-state index is 13.7. The van der Waals surface area contributed by atoms with Gasteiger partial charge in [-0.05, 0) is 74.2 Å². The fraction of sp³-hybridized carbons (Fsp3) is 0.188. The van der Waals surface area contributed by atoms with Crippen molar-refractivity contribution in [3.05, 3.63) is 107 Å². The van der Waals surface area contributed by atoms with E-state index in [1.807, 2.05) is 86.6 Å². The molecule has 0 aliphatic rings. The molecule has 0 bridgehead atoms. The van der Waals surface area contributed by atoms with E-state index in [1.54, 1.807) is 12.1 Å². The van der Waals surface area contributed by atoms with Gasteiger partial charge in [0.1, 0.15) is 27.5 Å². The first-order valence-electron chi connectivity index (χ1n) is 13.6. The number of carboxylic acids is 2. The number of benzene rings is 4. The molecule has 4 aromatic carbocycles. The molecular formula is C32H28N6O4. The van der Waals surface area contributed by atoms with E-state index in [-0.39, 0.29) is 19.3 Å². The zero-order valence-corrected chi connectivity index (χ0v) is 23.1. The van der Waals surface area contributed by atoms with Crippen LogP contribution < -0.4 is 0 Å². The van der Waals surface area contributed by atoms with Crippen molar-refractivity contribution in [2.45, 2.75) is 38.5 Å². The summed E-state index contributed by atoms with van der Waals surface area (Å²) in [6.07, 6.45) is -0.0706. The van der Waals surface area contributed by atoms with Crippen LogP contribution in [0.25, 0.3) is 33.4 Å². The highest BCUT2D eigenvalue weighted by atomic mass is 16.4. The summed E-state index contributed by atoms with van der Waals surface area (Å²) in [5.41, 5.74) is 4.62. The molecule has 6 rings (SSSR count). The second-order valence-corrected chi connectivity index (χ2v) is 10.5. The minimum Gasteiger partial charge on any atom is -0.481 e. The van der Waals surface area contributed by atoms with Crippen molar-refractivity contribution in [2.75, 3.05) is 0 Å². The number of carboxylic acid groups (broad SMARTS) is 2. The topological polar surface area (TPSA) is 136 Å². The van der Waals surface area contributed by atoms with Crippen molar-refractivity contribution in [2.24, 2.45) is 0 Å². The van der Waals surface area contributed by atoms with Crippen LogP contribution in [-0.4, -0.2) is 52.1 Å². The molecule has 2 N–H and O–H groups in total. The third kappa shape index (κ3) is 4.66. The van der Waals surface area contributed by atoms with Crippen LogP contribution in [0.5, 0.6) is 0 Å². The van der Waals surface area contributed by atoms with E-state index in [0.717, 1.165) is 11.1 Å². The molecule has 0 spiro atoms. The van der Waals surface area contributed by atoms with Crippen LogP contribution in [0, 0.1) is 13.8 Å². The summed E-state index contributed by atoms with van der Waals surface area (Å²) in [5, 5.41) is 39.4. The third-order valence-electron chi connectivity index (χ3n) is 7.54. The summed E-state index contributed by atoms with van der Waals surface area (Å²) in [4.78, 5) is 28.3. The maximum Gasteiger partial charge on any atom is 0.318 e. The number of rotatable bonds is 9. The summed E-state index contributed by atoms with van der Waals surface area (Å²) in [6.45, 7) is 3.83. The number of aromatic nitrogens is 6. The molecule has 10 nitrogen and oxygen atoms in total. The Morgan fingerprint density at radius 2 is 1.07 bits per heavy atom. The fourth-order valence-electron chi connectivity index (χ4n) is 5.53. The third-order valence-corrected chi connectivity index (χ3v) is 7.54. The molecule has 6 aromatic rings. The first-order valence-corrected chi connectivity index (χ1v) is 13.6. The van der Waals surface area contributed by atoms with Crippen molar-refractivity contribution in [3.8, 4) is 11.4 Å². The van der Waals surface area contributed by atoms with Gasteiger partial charge in [-0.25, -0.2) is 0 Å². The number of hydrogen-bond donors (Lipinski definition) is 2. The second-order valence-electron chi connectivity index (χ2n) is 10.5. The van der Waals surface area contributed by atoms with Gasteiger partial charge in [-0.15, -0.1) is 20.4 Å². The smallest absolute Gasteiger partial charge is 0.318 e. The summed E-state index contributed by atoms with van der Waals surface area (Å²) < 4.78 is 0. The van der Waals surface area contributed by atoms with E-state index in [2.05, 4.69) is 20.4 Å². The molecule has 210 valence electrons. The molecule has 42 heavy (non-hydrogen) atoms. The van der Waals surface area contributed by atoms with Gasteiger partial charge < -0.3 is 10.2 Å². The normalized spacial score (nSPS) is 11.8. The minimum absolute atomic E-state index is 0.00231. The van der Waals surface area contributed by atoms with E-state index in [0.29, 0.717) is 44.6 Å². The van der Waals surface area contributed by atoms with Crippen molar-refractivity contribution in [3.63, 3.8) is 0 Å². The quantitative estimate of drug-likeness (QED) is 0.240. The lowest BCUT2D eigenvalue weighted by Crippen LogP contribution is -2.39. The lowest BCUT2D eigenvalue weighted by molar-refractivity contribution is -0.143. The van der Waals surface area contributed by atoms with E-state index in [4.69, 9.17) is 0 Å². The van der Waals surface area contributed by atoms with Gasteiger partial charge in [-0.1, -0.05) is 48.5 Å². The highest BCUT2D eigenvalue weighted by Gasteiger charge is 2.46. The van der Waals surface area contributed by atoms with Crippen molar-refractivity contribution in [1.29, 1.82) is 0 Å². The number of nitrogens with zero attached hydrogens (tertiary/aromatic N) is 6. The zero-order valence-electron chi connectivity index (χ0n) is 23.1. The Kier molecular flexibility index (Phi) is 6.74. The fourth-order valence-corrected chi connectivity index (χ4v) is 5.53. The highest BCUT2D eigenvalue weighted by molar-refractivity contribution is 5.89. The monoisotopic (exact) mass is 560 g/mol. The van der Waals surface area contributed by atoms with Gasteiger partial charge in [0, 0.05) is 17.5 Å². The summed E-state index contributed by atoms with van der Waals surface area (Å²) in [5.74, 6) is -2.13. The average molecular weight is 561 g/mol. The Balaban J connectivity index is 1.65. The molecular weight excluding hydrogens is 532 g/mol. The van der Waals surface area contributed by atoms with Crippen molar-refractivity contribution in [1.82, 2.24) is 30.0 Å². The zero-order chi connectivity index (χ0) is 29.4. The Hall–Kier alpha value is -5.38. The van der Waals surface area contributed by atoms with Crippen molar-refractivity contribution < 1.29 is 19.8 Å². The van der Waals surface area contributed by atoms with Crippen LogP contribution in [0.4, 0.5) is 0 Å². The van der Waals surface area contributed by atoms with Crippen LogP contribution in [0.1, 0.15) is 41.5 Å². The molecule has 0 amide bonds. The van der Waals surface area contributed by atoms with E-state index < -0.39 is 17.4 Å². The lowest BCUT2D eigenvalue weighted by atomic mass is 9.69. The van der Waals surface area contributed by atoms with E-state index >= 15 is 0 Å². The summed E-state index contributed by atoms with van der Waals surface area (Å²) >= 11 is 0. The van der Waals surface area contributed by atoms with Crippen LogP contribution in [-0.2, 0) is 15.0 Å². The Bertz CT molecular complexity index is 1790. The number of hydrogen-bond acceptors (Lipinski definition) is 6. The van der Waals surface area contributed by atoms with Crippen LogP contribution >= 0.6 is 0 Å². The predicted molar refractivity (Wildman–Crippen MR) is 157 cm³/mol. The number of aryl methyl sites for hydroxylation is 2. The van der Waals surface area contributed by atoms with Gasteiger partial charge in [0.2, 0.25) is 0 Å². The Labute approximate surface area is 240 Å². The standard InChI is InChI=1S/C32H28N6O4/c1-20-13-15-22(28(18-20)37-33-24-8-3-4-9-25(24)34-37)32(31(41)42,17-7-12-30(39)40)23-16-14-21(2)19-29(23)38-35-26-10-5-6-11-27(26)36-38/h3-6,8-11,13-16,18-19H,7,12,17H2,1-2H3,(H,39,40)(H,41,42). The molecule has 0 atom stereocenters. The maximum atomic E-state index is 13.7. The lowest BCUT2D eigenvalue weighted by Gasteiger charge is -2.33. The minimum atomic E-state index is -1.69. The van der Waals surface area contributed by atoms with Gasteiger partial charge in [0.25, 0.3) is 0 Å². The van der Waals surface area contributed by atoms with Crippen LogP contribution in [0.15, 0.2) is 84.9 Å². The Morgan fingerprint density at radius 3 is 1.43 bits per heavy atom. The predicted octanol–water partition coefficient (Wildman–Crippen LogP) is 5.40. The molecule has 0 fully saturated rings. The number of aliphatic carboxylic acids is 2. The highest BCUT2D eigenvalue weighted by Crippen LogP contribution is 2.43. The van der Waals surface area contributed by atoms with Gasteiger partial charge >= 0.3 is 11.9 Å². The molecule has 0 saturated heterocycles. The second kappa shape index (κ2) is 10.5. The first kappa shape index (κ1) is 26.8. The van der Waals surface area contributed by atoms with Gasteiger partial charge in [0.05, 0.1) is 11.4 Å². The number of fused-ring (bicyclic) bond motifs is 2. The van der Waals surface area contributed by atoms with Crippen LogP contribution in [0.2, 0.25) is 0 Å². The molecule has 0 aliphatic carbocycles. The molecule has 0 saturated carbocycles. The molecule has 0 aliphatic heterocycles. The number of carbonyl (C=O) groups is 2. The summed E-state index contributed by atoms with van der Waals surface area (Å²) in [7, 11) is 0. The molecule has 2 aromatic heterocycles. The molecule has 0 unspecified atom stereocenters. The van der Waals surface area contributed by atoms with Gasteiger partial charge in [-0.3, -0.25) is 9.59 Å². The molecule has 0 radical (unpaired) electrons. The average Bonchev–Trinajstić information content (AvgIpc) is 3.60. The molecule has 10 heteroatoms. The van der Waals surface area contributed by atoms with Gasteiger partial charge in [0.15, 0.2) is 0 Å². The van der Waals surface area contributed by atoms with E-state index in [9.17, 15) is 19.8 Å². The van der Waals surface area contributed by atoms with E-state index in [1.165, 1.54) is 9.59 Å². The largest absolute Gasteiger partial charge is 0.481 e. The Morgan fingerprint density at radius 1 is 0.667 bits per heavy atom. The summed E-state index contributed by atoms with van der Waals surface area (Å²) in [6, 6.07) is 25.8. The first-order chi connectivity index (χ1) is 20.3. The molecule has 2 heterocycles. The van der Waals surface area contributed by atoms with Crippen LogP contribution in [0.3, 0.4) is 0 Å². The SMILES string of the molecule is Cc1ccc(C(CCCC(=O)O)(C(=O)O)c2ccc(C)cc2-n2nc3ccccc3n2)c(-n2nc3ccccc3n2)c1.